The third kappa shape index (κ3) is 2.50. The molecule has 0 fully saturated rings. The molecule has 0 amide bonds. The van der Waals surface area contributed by atoms with Gasteiger partial charge in [0.05, 0.1) is 5.02 Å². The van der Waals surface area contributed by atoms with Gasteiger partial charge in [0, 0.05) is 11.4 Å². The molecule has 1 aromatic heterocycles. The molecule has 0 aliphatic rings. The van der Waals surface area contributed by atoms with E-state index >= 15 is 0 Å². The van der Waals surface area contributed by atoms with Gasteiger partial charge in [-0.1, -0.05) is 17.7 Å². The maximum absolute atomic E-state index is 6.09. The number of aromatic nitrogens is 3. The number of aromatic amines is 1. The Morgan fingerprint density at radius 2 is 2.33 bits per heavy atom. The van der Waals surface area contributed by atoms with E-state index in [1.54, 1.807) is 0 Å². The summed E-state index contributed by atoms with van der Waals surface area (Å²) in [4.78, 5) is 4.94. The average molecular weight is 241 g/mol. The van der Waals surface area contributed by atoms with Gasteiger partial charge in [0.25, 0.3) is 0 Å². The molecule has 1 heterocycles. The molecule has 0 aliphatic carbocycles. The Labute approximate surface area is 96.2 Å². The van der Waals surface area contributed by atoms with Gasteiger partial charge in [-0.2, -0.15) is 5.10 Å². The highest BCUT2D eigenvalue weighted by molar-refractivity contribution is 7.99. The molecule has 2 aromatic rings. The summed E-state index contributed by atoms with van der Waals surface area (Å²) in [6.07, 6.45) is 1.46. The number of halogens is 1. The van der Waals surface area contributed by atoms with Crippen LogP contribution in [0, 0.1) is 0 Å². The molecule has 0 spiro atoms. The van der Waals surface area contributed by atoms with Gasteiger partial charge in [-0.05, 0) is 29.5 Å². The summed E-state index contributed by atoms with van der Waals surface area (Å²) in [5.41, 5.74) is 6.53. The van der Waals surface area contributed by atoms with Crippen LogP contribution in [-0.2, 0) is 6.54 Å². The Kier molecular flexibility index (Phi) is 3.25. The summed E-state index contributed by atoms with van der Waals surface area (Å²) in [6, 6.07) is 5.74. The SMILES string of the molecule is NCc1ccc(Sc2ncn[nH]2)c(Cl)c1. The van der Waals surface area contributed by atoms with E-state index < -0.39 is 0 Å². The van der Waals surface area contributed by atoms with Gasteiger partial charge < -0.3 is 5.73 Å². The lowest BCUT2D eigenvalue weighted by Gasteiger charge is -2.03. The second-order valence-corrected chi connectivity index (χ2v) is 4.30. The largest absolute Gasteiger partial charge is 0.326 e. The number of nitrogens with two attached hydrogens (primary N) is 1. The fourth-order valence-electron chi connectivity index (χ4n) is 1.10. The van der Waals surface area contributed by atoms with Crippen LogP contribution in [0.25, 0.3) is 0 Å². The second kappa shape index (κ2) is 4.65. The van der Waals surface area contributed by atoms with Crippen molar-refractivity contribution in [3.8, 4) is 0 Å². The highest BCUT2D eigenvalue weighted by Crippen LogP contribution is 2.31. The summed E-state index contributed by atoms with van der Waals surface area (Å²) in [5, 5.41) is 7.92. The summed E-state index contributed by atoms with van der Waals surface area (Å²) in [6.45, 7) is 0.493. The van der Waals surface area contributed by atoms with Gasteiger partial charge in [0.1, 0.15) is 6.33 Å². The molecule has 0 saturated heterocycles. The number of nitrogens with one attached hydrogen (secondary N) is 1. The normalized spacial score (nSPS) is 10.5. The van der Waals surface area contributed by atoms with Crippen molar-refractivity contribution < 1.29 is 0 Å². The first-order valence-corrected chi connectivity index (χ1v) is 5.51. The van der Waals surface area contributed by atoms with Gasteiger partial charge in [-0.3, -0.25) is 5.10 Å². The minimum absolute atomic E-state index is 0.493. The van der Waals surface area contributed by atoms with Crippen molar-refractivity contribution >= 4 is 23.4 Å². The van der Waals surface area contributed by atoms with Crippen molar-refractivity contribution in [1.82, 2.24) is 15.2 Å². The zero-order valence-corrected chi connectivity index (χ0v) is 9.35. The van der Waals surface area contributed by atoms with Gasteiger partial charge in [-0.15, -0.1) is 0 Å². The van der Waals surface area contributed by atoms with Gasteiger partial charge in [-0.25, -0.2) is 4.98 Å². The topological polar surface area (TPSA) is 67.6 Å². The molecule has 0 saturated carbocycles. The molecule has 6 heteroatoms. The molecule has 0 bridgehead atoms. The molecule has 0 radical (unpaired) electrons. The van der Waals surface area contributed by atoms with Crippen LogP contribution in [-0.4, -0.2) is 15.2 Å². The van der Waals surface area contributed by atoms with Crippen molar-refractivity contribution in [2.45, 2.75) is 16.6 Å². The zero-order chi connectivity index (χ0) is 10.7. The van der Waals surface area contributed by atoms with Crippen molar-refractivity contribution in [1.29, 1.82) is 0 Å². The predicted molar refractivity (Wildman–Crippen MR) is 59.8 cm³/mol. The van der Waals surface area contributed by atoms with Gasteiger partial charge in [0.15, 0.2) is 5.16 Å². The Hall–Kier alpha value is -1.04. The van der Waals surface area contributed by atoms with Gasteiger partial charge >= 0.3 is 0 Å². The van der Waals surface area contributed by atoms with E-state index in [1.165, 1.54) is 18.1 Å². The molecule has 4 nitrogen and oxygen atoms in total. The standard InChI is InChI=1S/C9H9ClN4S/c10-7-3-6(4-11)1-2-8(7)15-9-12-5-13-14-9/h1-3,5H,4,11H2,(H,12,13,14). The Morgan fingerprint density at radius 3 is 2.93 bits per heavy atom. The van der Waals surface area contributed by atoms with E-state index in [-0.39, 0.29) is 0 Å². The maximum Gasteiger partial charge on any atom is 0.188 e. The van der Waals surface area contributed by atoms with Crippen LogP contribution in [0.3, 0.4) is 0 Å². The molecular formula is C9H9ClN4S. The summed E-state index contributed by atoms with van der Waals surface area (Å²) < 4.78 is 0. The molecule has 0 atom stereocenters. The number of hydrogen-bond acceptors (Lipinski definition) is 4. The lowest BCUT2D eigenvalue weighted by Crippen LogP contribution is -1.95. The molecule has 0 unspecified atom stereocenters. The number of nitrogens with zero attached hydrogens (tertiary/aromatic N) is 2. The van der Waals surface area contributed by atoms with Crippen LogP contribution < -0.4 is 5.73 Å². The van der Waals surface area contributed by atoms with E-state index in [9.17, 15) is 0 Å². The van der Waals surface area contributed by atoms with Crippen molar-refractivity contribution in [2.24, 2.45) is 5.73 Å². The molecule has 0 aliphatic heterocycles. The maximum atomic E-state index is 6.09. The van der Waals surface area contributed by atoms with E-state index in [2.05, 4.69) is 15.2 Å². The smallest absolute Gasteiger partial charge is 0.188 e. The minimum atomic E-state index is 0.493. The molecule has 2 rings (SSSR count). The van der Waals surface area contributed by atoms with Crippen LogP contribution in [0.4, 0.5) is 0 Å². The monoisotopic (exact) mass is 240 g/mol. The Bertz CT molecular complexity index is 443. The number of H-pyrrole nitrogens is 1. The highest BCUT2D eigenvalue weighted by atomic mass is 35.5. The quantitative estimate of drug-likeness (QED) is 0.862. The fraction of sp³-hybridized carbons (Fsp3) is 0.111. The van der Waals surface area contributed by atoms with Crippen LogP contribution in [0.5, 0.6) is 0 Å². The van der Waals surface area contributed by atoms with Crippen molar-refractivity contribution in [3.63, 3.8) is 0 Å². The van der Waals surface area contributed by atoms with Crippen LogP contribution in [0.15, 0.2) is 34.6 Å². The summed E-state index contributed by atoms with van der Waals surface area (Å²) in [7, 11) is 0. The van der Waals surface area contributed by atoms with Crippen LogP contribution in [0.1, 0.15) is 5.56 Å². The fourth-order valence-corrected chi connectivity index (χ4v) is 2.12. The van der Waals surface area contributed by atoms with E-state index in [1.807, 2.05) is 18.2 Å². The molecular weight excluding hydrogens is 232 g/mol. The zero-order valence-electron chi connectivity index (χ0n) is 7.77. The third-order valence-electron chi connectivity index (χ3n) is 1.83. The first-order chi connectivity index (χ1) is 7.29. The predicted octanol–water partition coefficient (Wildman–Crippen LogP) is 2.07. The Balaban J connectivity index is 2.22. The molecule has 1 aromatic carbocycles. The van der Waals surface area contributed by atoms with Crippen molar-refractivity contribution in [3.05, 3.63) is 35.1 Å². The number of hydrogen-bond donors (Lipinski definition) is 2. The first-order valence-electron chi connectivity index (χ1n) is 4.31. The van der Waals surface area contributed by atoms with Crippen LogP contribution in [0.2, 0.25) is 5.02 Å². The first kappa shape index (κ1) is 10.5. The van der Waals surface area contributed by atoms with Crippen molar-refractivity contribution in [2.75, 3.05) is 0 Å². The summed E-state index contributed by atoms with van der Waals surface area (Å²) >= 11 is 7.52. The highest BCUT2D eigenvalue weighted by Gasteiger charge is 2.05. The number of benzene rings is 1. The lowest BCUT2D eigenvalue weighted by molar-refractivity contribution is 0.973. The van der Waals surface area contributed by atoms with E-state index in [4.69, 9.17) is 17.3 Å². The van der Waals surface area contributed by atoms with Gasteiger partial charge in [0.2, 0.25) is 0 Å². The van der Waals surface area contributed by atoms with Crippen LogP contribution >= 0.6 is 23.4 Å². The minimum Gasteiger partial charge on any atom is -0.326 e. The second-order valence-electron chi connectivity index (χ2n) is 2.86. The number of rotatable bonds is 3. The average Bonchev–Trinajstić information content (AvgIpc) is 2.74. The summed E-state index contributed by atoms with van der Waals surface area (Å²) in [5.74, 6) is 0. The molecule has 78 valence electrons. The van der Waals surface area contributed by atoms with E-state index in [0.717, 1.165) is 15.6 Å². The Morgan fingerprint density at radius 1 is 1.47 bits per heavy atom. The molecule has 3 N–H and O–H groups in total. The lowest BCUT2D eigenvalue weighted by atomic mass is 10.2. The van der Waals surface area contributed by atoms with E-state index in [0.29, 0.717) is 11.6 Å². The third-order valence-corrected chi connectivity index (χ3v) is 3.22. The molecule has 15 heavy (non-hydrogen) atoms.